The molecule has 23 heavy (non-hydrogen) atoms. The van der Waals surface area contributed by atoms with E-state index in [2.05, 4.69) is 15.3 Å². The second-order valence-electron chi connectivity index (χ2n) is 7.56. The van der Waals surface area contributed by atoms with Crippen LogP contribution in [0.2, 0.25) is 0 Å². The van der Waals surface area contributed by atoms with Gasteiger partial charge in [0.25, 0.3) is 0 Å². The molecule has 1 saturated carbocycles. The van der Waals surface area contributed by atoms with Crippen LogP contribution in [0.15, 0.2) is 11.6 Å². The summed E-state index contributed by atoms with van der Waals surface area (Å²) < 4.78 is 12.3. The zero-order chi connectivity index (χ0) is 15.5. The topological polar surface area (TPSA) is 34.6 Å². The van der Waals surface area contributed by atoms with E-state index in [-0.39, 0.29) is 5.41 Å². The van der Waals surface area contributed by atoms with Gasteiger partial charge in [-0.2, -0.15) is 0 Å². The van der Waals surface area contributed by atoms with Crippen LogP contribution in [0, 0.1) is 11.3 Å². The minimum Gasteiger partial charge on any atom is -0.380 e. The standard InChI is InChI=1S/C18H28N2O2S/c1-3-15(4-1)12-21-14-18-6-2-9-22-16(18)5-8-20(13-18)11-17-19-7-10-23-17/h7,10,15-16H,1-6,8-9,11-14H2. The molecule has 3 heterocycles. The fourth-order valence-electron chi connectivity index (χ4n) is 4.34. The third kappa shape index (κ3) is 3.63. The first-order chi connectivity index (χ1) is 11.3. The van der Waals surface area contributed by atoms with Crippen LogP contribution in [-0.2, 0) is 16.0 Å². The molecule has 0 amide bonds. The minimum absolute atomic E-state index is 0.206. The second kappa shape index (κ2) is 7.18. The van der Waals surface area contributed by atoms with Crippen LogP contribution in [-0.4, -0.2) is 48.9 Å². The van der Waals surface area contributed by atoms with Gasteiger partial charge in [0.2, 0.25) is 0 Å². The van der Waals surface area contributed by atoms with Crippen LogP contribution < -0.4 is 0 Å². The number of rotatable bonds is 6. The average molecular weight is 337 g/mol. The molecule has 4 nitrogen and oxygen atoms in total. The van der Waals surface area contributed by atoms with Crippen molar-refractivity contribution in [3.63, 3.8) is 0 Å². The number of hydrogen-bond donors (Lipinski definition) is 0. The second-order valence-corrected chi connectivity index (χ2v) is 8.54. The highest BCUT2D eigenvalue weighted by Gasteiger charge is 2.46. The highest BCUT2D eigenvalue weighted by atomic mass is 32.1. The van der Waals surface area contributed by atoms with E-state index in [9.17, 15) is 0 Å². The van der Waals surface area contributed by atoms with Gasteiger partial charge in [-0.25, -0.2) is 4.98 Å². The number of piperidine rings is 1. The number of thiazole rings is 1. The SMILES string of the molecule is c1csc(CN2CCC3OCCCC3(COCC3CCC3)C2)n1. The van der Waals surface area contributed by atoms with E-state index in [1.54, 1.807) is 11.3 Å². The first kappa shape index (κ1) is 16.0. The van der Waals surface area contributed by atoms with Crippen molar-refractivity contribution in [1.82, 2.24) is 9.88 Å². The number of likely N-dealkylation sites (tertiary alicyclic amines) is 1. The van der Waals surface area contributed by atoms with Crippen molar-refractivity contribution in [2.24, 2.45) is 11.3 Å². The van der Waals surface area contributed by atoms with Crippen LogP contribution >= 0.6 is 11.3 Å². The molecule has 2 saturated heterocycles. The molecule has 5 heteroatoms. The summed E-state index contributed by atoms with van der Waals surface area (Å²) in [6.07, 6.45) is 9.99. The van der Waals surface area contributed by atoms with Crippen molar-refractivity contribution < 1.29 is 9.47 Å². The van der Waals surface area contributed by atoms with Crippen molar-refractivity contribution in [3.8, 4) is 0 Å². The van der Waals surface area contributed by atoms with E-state index in [0.717, 1.165) is 51.8 Å². The van der Waals surface area contributed by atoms with Crippen LogP contribution in [0.5, 0.6) is 0 Å². The van der Waals surface area contributed by atoms with Gasteiger partial charge in [-0.05, 0) is 38.0 Å². The first-order valence-electron chi connectivity index (χ1n) is 9.14. The third-order valence-corrected chi connectivity index (χ3v) is 6.64. The Bertz CT molecular complexity index is 491. The summed E-state index contributed by atoms with van der Waals surface area (Å²) in [6.45, 7) is 5.97. The number of fused-ring (bicyclic) bond motifs is 1. The zero-order valence-electron chi connectivity index (χ0n) is 13.9. The quantitative estimate of drug-likeness (QED) is 0.798. The average Bonchev–Trinajstić information content (AvgIpc) is 3.02. The van der Waals surface area contributed by atoms with Gasteiger partial charge >= 0.3 is 0 Å². The summed E-state index contributed by atoms with van der Waals surface area (Å²) in [4.78, 5) is 7.02. The molecule has 2 atom stereocenters. The monoisotopic (exact) mass is 336 g/mol. The third-order valence-electron chi connectivity index (χ3n) is 5.88. The zero-order valence-corrected chi connectivity index (χ0v) is 14.7. The molecule has 0 bridgehead atoms. The van der Waals surface area contributed by atoms with Gasteiger partial charge in [-0.15, -0.1) is 11.3 Å². The van der Waals surface area contributed by atoms with Crippen LogP contribution in [0.1, 0.15) is 43.5 Å². The summed E-state index contributed by atoms with van der Waals surface area (Å²) in [5, 5.41) is 3.30. The maximum atomic E-state index is 6.20. The van der Waals surface area contributed by atoms with E-state index in [4.69, 9.17) is 9.47 Å². The number of ether oxygens (including phenoxy) is 2. The first-order valence-corrected chi connectivity index (χ1v) is 10.0. The molecule has 2 aliphatic heterocycles. The Labute approximate surface area is 143 Å². The van der Waals surface area contributed by atoms with Crippen molar-refractivity contribution in [3.05, 3.63) is 16.6 Å². The normalized spacial score (nSPS) is 32.4. The van der Waals surface area contributed by atoms with Gasteiger partial charge in [0.1, 0.15) is 5.01 Å². The van der Waals surface area contributed by atoms with Crippen LogP contribution in [0.25, 0.3) is 0 Å². The summed E-state index contributed by atoms with van der Waals surface area (Å²) in [7, 11) is 0. The smallest absolute Gasteiger partial charge is 0.107 e. The van der Waals surface area contributed by atoms with E-state index in [0.29, 0.717) is 6.10 Å². The Morgan fingerprint density at radius 1 is 1.35 bits per heavy atom. The Hall–Kier alpha value is -0.490. The van der Waals surface area contributed by atoms with Gasteiger partial charge in [-0.3, -0.25) is 4.90 Å². The molecule has 1 aliphatic carbocycles. The molecule has 3 fully saturated rings. The maximum absolute atomic E-state index is 6.20. The molecule has 4 rings (SSSR count). The lowest BCUT2D eigenvalue weighted by molar-refractivity contribution is -0.157. The molecule has 2 unspecified atom stereocenters. The molecule has 128 valence electrons. The highest BCUT2D eigenvalue weighted by Crippen LogP contribution is 2.41. The molecule has 0 N–H and O–H groups in total. The Morgan fingerprint density at radius 3 is 3.09 bits per heavy atom. The predicted molar refractivity (Wildman–Crippen MR) is 91.6 cm³/mol. The molecule has 1 aromatic heterocycles. The predicted octanol–water partition coefficient (Wildman–Crippen LogP) is 3.33. The lowest BCUT2D eigenvalue weighted by atomic mass is 9.73. The van der Waals surface area contributed by atoms with Gasteiger partial charge in [0.05, 0.1) is 19.3 Å². The van der Waals surface area contributed by atoms with E-state index >= 15 is 0 Å². The number of nitrogens with zero attached hydrogens (tertiary/aromatic N) is 2. The van der Waals surface area contributed by atoms with E-state index in [1.807, 2.05) is 6.20 Å². The van der Waals surface area contributed by atoms with E-state index in [1.165, 1.54) is 37.1 Å². The van der Waals surface area contributed by atoms with Crippen molar-refractivity contribution in [1.29, 1.82) is 0 Å². The molecular formula is C18H28N2O2S. The lowest BCUT2D eigenvalue weighted by Crippen LogP contribution is -2.56. The Morgan fingerprint density at radius 2 is 2.30 bits per heavy atom. The maximum Gasteiger partial charge on any atom is 0.107 e. The van der Waals surface area contributed by atoms with Crippen LogP contribution in [0.3, 0.4) is 0 Å². The van der Waals surface area contributed by atoms with Gasteiger partial charge in [0, 0.05) is 43.3 Å². The minimum atomic E-state index is 0.206. The molecule has 1 aromatic rings. The van der Waals surface area contributed by atoms with Crippen molar-refractivity contribution in [2.75, 3.05) is 32.9 Å². The molecule has 0 aromatic carbocycles. The van der Waals surface area contributed by atoms with E-state index < -0.39 is 0 Å². The Balaban J connectivity index is 1.38. The fourth-order valence-corrected chi connectivity index (χ4v) is 5.00. The number of aromatic nitrogens is 1. The van der Waals surface area contributed by atoms with Gasteiger partial charge in [0.15, 0.2) is 0 Å². The largest absolute Gasteiger partial charge is 0.380 e. The summed E-state index contributed by atoms with van der Waals surface area (Å²) in [6, 6.07) is 0. The molecule has 0 radical (unpaired) electrons. The summed E-state index contributed by atoms with van der Waals surface area (Å²) in [5.41, 5.74) is 0.206. The highest BCUT2D eigenvalue weighted by molar-refractivity contribution is 7.09. The Kier molecular flexibility index (Phi) is 4.99. The molecular weight excluding hydrogens is 308 g/mol. The summed E-state index contributed by atoms with van der Waals surface area (Å²) in [5.74, 6) is 0.823. The van der Waals surface area contributed by atoms with Gasteiger partial charge in [-0.1, -0.05) is 6.42 Å². The number of hydrogen-bond acceptors (Lipinski definition) is 5. The summed E-state index contributed by atoms with van der Waals surface area (Å²) >= 11 is 1.76. The van der Waals surface area contributed by atoms with Crippen molar-refractivity contribution in [2.45, 2.75) is 51.2 Å². The van der Waals surface area contributed by atoms with Gasteiger partial charge < -0.3 is 9.47 Å². The van der Waals surface area contributed by atoms with Crippen molar-refractivity contribution >= 4 is 11.3 Å². The molecule has 0 spiro atoms. The van der Waals surface area contributed by atoms with Crippen LogP contribution in [0.4, 0.5) is 0 Å². The lowest BCUT2D eigenvalue weighted by Gasteiger charge is -2.50. The molecule has 3 aliphatic rings. The fraction of sp³-hybridized carbons (Fsp3) is 0.833.